The average molecular weight is 455 g/mol. The molecule has 32 heavy (non-hydrogen) atoms. The minimum Gasteiger partial charge on any atom is -0.506 e. The van der Waals surface area contributed by atoms with Crippen molar-refractivity contribution in [2.24, 2.45) is 0 Å². The molecule has 0 bridgehead atoms. The highest BCUT2D eigenvalue weighted by Gasteiger charge is 2.20. The van der Waals surface area contributed by atoms with Crippen molar-refractivity contribution in [2.75, 3.05) is 30.1 Å². The zero-order chi connectivity index (χ0) is 23.1. The lowest BCUT2D eigenvalue weighted by Gasteiger charge is -2.23. The summed E-state index contributed by atoms with van der Waals surface area (Å²) in [7, 11) is 0. The van der Waals surface area contributed by atoms with Crippen molar-refractivity contribution in [3.63, 3.8) is 0 Å². The Labute approximate surface area is 193 Å². The number of likely N-dealkylation sites (N-methyl/N-ethyl adjacent to an activating group) is 1. The van der Waals surface area contributed by atoms with Crippen molar-refractivity contribution >= 4 is 28.9 Å². The second-order valence-electron chi connectivity index (χ2n) is 7.29. The zero-order valence-electron chi connectivity index (χ0n) is 18.4. The van der Waals surface area contributed by atoms with Gasteiger partial charge in [-0.1, -0.05) is 47.5 Å². The number of hydrogen-bond acceptors (Lipinski definition) is 5. The first-order valence-electron chi connectivity index (χ1n) is 10.3. The molecule has 0 atom stereocenters. The second-order valence-corrected chi connectivity index (χ2v) is 7.70. The molecule has 168 valence electrons. The number of carbonyl (C=O) groups excluding carboxylic acids is 1. The summed E-state index contributed by atoms with van der Waals surface area (Å²) in [6.45, 7) is 6.15. The predicted molar refractivity (Wildman–Crippen MR) is 128 cm³/mol. The molecule has 0 heterocycles. The Morgan fingerprint density at radius 2 is 1.81 bits per heavy atom. The fourth-order valence-electron chi connectivity index (χ4n) is 3.27. The van der Waals surface area contributed by atoms with Crippen LogP contribution >= 0.6 is 11.6 Å². The third-order valence-electron chi connectivity index (χ3n) is 4.90. The van der Waals surface area contributed by atoms with Crippen LogP contribution in [0.5, 0.6) is 17.2 Å². The van der Waals surface area contributed by atoms with Gasteiger partial charge in [0.25, 0.3) is 5.91 Å². The third-order valence-corrected chi connectivity index (χ3v) is 5.20. The molecule has 0 aromatic heterocycles. The topological polar surface area (TPSA) is 71.0 Å². The van der Waals surface area contributed by atoms with E-state index in [1.807, 2.05) is 69.3 Å². The van der Waals surface area contributed by atoms with E-state index in [4.69, 9.17) is 21.1 Å². The summed E-state index contributed by atoms with van der Waals surface area (Å²) >= 11 is 6.45. The number of aromatic hydroxyl groups is 1. The standard InChI is InChI=1S/C25H27ClN2O4/c1-4-28(25(30)15-31-24-11-10-17(2)12-18(24)3)22-14-23(29)21(13-20(22)26)27-16-32-19-8-6-5-7-9-19/h5-14,27,29H,4,15-16H2,1-3H3. The lowest BCUT2D eigenvalue weighted by Crippen LogP contribution is -2.35. The van der Waals surface area contributed by atoms with E-state index in [0.717, 1.165) is 11.1 Å². The van der Waals surface area contributed by atoms with Crippen LogP contribution in [0.2, 0.25) is 5.02 Å². The van der Waals surface area contributed by atoms with Gasteiger partial charge in [-0.15, -0.1) is 0 Å². The molecule has 6 nitrogen and oxygen atoms in total. The van der Waals surface area contributed by atoms with Crippen molar-refractivity contribution in [1.82, 2.24) is 0 Å². The van der Waals surface area contributed by atoms with E-state index in [1.54, 1.807) is 6.07 Å². The molecule has 3 rings (SSSR count). The molecule has 0 aliphatic carbocycles. The van der Waals surface area contributed by atoms with Crippen LogP contribution in [0.1, 0.15) is 18.1 Å². The summed E-state index contributed by atoms with van der Waals surface area (Å²) in [5.41, 5.74) is 2.91. The number of hydrogen-bond donors (Lipinski definition) is 2. The van der Waals surface area contributed by atoms with Gasteiger partial charge in [0.05, 0.1) is 16.4 Å². The number of phenols is 1. The summed E-state index contributed by atoms with van der Waals surface area (Å²) in [4.78, 5) is 14.3. The van der Waals surface area contributed by atoms with Gasteiger partial charge in [0.15, 0.2) is 13.3 Å². The fourth-order valence-corrected chi connectivity index (χ4v) is 3.54. The fraction of sp³-hybridized carbons (Fsp3) is 0.240. The van der Waals surface area contributed by atoms with Gasteiger partial charge in [0.1, 0.15) is 17.2 Å². The molecule has 7 heteroatoms. The average Bonchev–Trinajstić information content (AvgIpc) is 2.77. The van der Waals surface area contributed by atoms with E-state index in [9.17, 15) is 9.90 Å². The smallest absolute Gasteiger partial charge is 0.264 e. The number of anilines is 2. The normalized spacial score (nSPS) is 10.5. The summed E-state index contributed by atoms with van der Waals surface area (Å²) in [6.07, 6.45) is 0. The molecule has 0 aliphatic rings. The molecule has 0 aliphatic heterocycles. The lowest BCUT2D eigenvalue weighted by atomic mass is 10.1. The minimum absolute atomic E-state index is 0.0393. The number of nitrogens with zero attached hydrogens (tertiary/aromatic N) is 1. The van der Waals surface area contributed by atoms with Gasteiger partial charge in [-0.3, -0.25) is 4.79 Å². The first kappa shape index (κ1) is 23.3. The molecule has 3 aromatic rings. The van der Waals surface area contributed by atoms with E-state index in [0.29, 0.717) is 34.4 Å². The molecule has 0 saturated heterocycles. The van der Waals surface area contributed by atoms with Gasteiger partial charge < -0.3 is 24.8 Å². The number of para-hydroxylation sites is 1. The highest BCUT2D eigenvalue weighted by atomic mass is 35.5. The maximum absolute atomic E-state index is 12.8. The van der Waals surface area contributed by atoms with Crippen LogP contribution in [-0.2, 0) is 4.79 Å². The summed E-state index contributed by atoms with van der Waals surface area (Å²) in [5.74, 6) is 1.06. The van der Waals surface area contributed by atoms with Crippen LogP contribution in [0, 0.1) is 13.8 Å². The monoisotopic (exact) mass is 454 g/mol. The van der Waals surface area contributed by atoms with Gasteiger partial charge in [-0.2, -0.15) is 0 Å². The minimum atomic E-state index is -0.262. The Kier molecular flexibility index (Phi) is 7.84. The summed E-state index contributed by atoms with van der Waals surface area (Å²) < 4.78 is 11.3. The Balaban J connectivity index is 1.66. The summed E-state index contributed by atoms with van der Waals surface area (Å²) in [5, 5.41) is 13.8. The van der Waals surface area contributed by atoms with E-state index in [-0.39, 0.29) is 25.0 Å². The van der Waals surface area contributed by atoms with Crippen molar-refractivity contribution < 1.29 is 19.4 Å². The van der Waals surface area contributed by atoms with Crippen LogP contribution in [-0.4, -0.2) is 30.9 Å². The molecule has 3 aromatic carbocycles. The number of halogens is 1. The molecule has 0 spiro atoms. The predicted octanol–water partition coefficient (Wildman–Crippen LogP) is 5.54. The van der Waals surface area contributed by atoms with Crippen LogP contribution < -0.4 is 19.7 Å². The maximum atomic E-state index is 12.8. The van der Waals surface area contributed by atoms with Gasteiger partial charge in [-0.05, 0) is 50.6 Å². The molecule has 0 radical (unpaired) electrons. The zero-order valence-corrected chi connectivity index (χ0v) is 19.1. The second kappa shape index (κ2) is 10.8. The van der Waals surface area contributed by atoms with Crippen LogP contribution in [0.25, 0.3) is 0 Å². The number of rotatable bonds is 9. The Hall–Kier alpha value is -3.38. The molecule has 0 fully saturated rings. The SMILES string of the molecule is CCN(C(=O)COc1ccc(C)cc1C)c1cc(O)c(NCOc2ccccc2)cc1Cl. The number of carbonyl (C=O) groups is 1. The van der Waals surface area contributed by atoms with E-state index >= 15 is 0 Å². The number of nitrogens with one attached hydrogen (secondary N) is 1. The molecular weight excluding hydrogens is 428 g/mol. The van der Waals surface area contributed by atoms with Gasteiger partial charge >= 0.3 is 0 Å². The first-order valence-corrected chi connectivity index (χ1v) is 10.7. The molecule has 2 N–H and O–H groups in total. The number of ether oxygens (including phenoxy) is 2. The van der Waals surface area contributed by atoms with E-state index in [2.05, 4.69) is 5.32 Å². The van der Waals surface area contributed by atoms with Crippen LogP contribution in [0.4, 0.5) is 11.4 Å². The maximum Gasteiger partial charge on any atom is 0.264 e. The highest BCUT2D eigenvalue weighted by molar-refractivity contribution is 6.34. The van der Waals surface area contributed by atoms with Gasteiger partial charge in [0, 0.05) is 12.6 Å². The van der Waals surface area contributed by atoms with E-state index < -0.39 is 0 Å². The van der Waals surface area contributed by atoms with Crippen molar-refractivity contribution in [1.29, 1.82) is 0 Å². The van der Waals surface area contributed by atoms with Crippen LogP contribution in [0.15, 0.2) is 60.7 Å². The largest absolute Gasteiger partial charge is 0.506 e. The highest BCUT2D eigenvalue weighted by Crippen LogP contribution is 2.36. The van der Waals surface area contributed by atoms with Gasteiger partial charge in [0.2, 0.25) is 0 Å². The molecule has 0 unspecified atom stereocenters. The molecule has 0 saturated carbocycles. The van der Waals surface area contributed by atoms with Crippen molar-refractivity contribution in [3.05, 3.63) is 76.8 Å². The van der Waals surface area contributed by atoms with Crippen molar-refractivity contribution in [3.8, 4) is 17.2 Å². The Bertz CT molecular complexity index is 1070. The third kappa shape index (κ3) is 5.86. The van der Waals surface area contributed by atoms with Crippen LogP contribution in [0.3, 0.4) is 0 Å². The van der Waals surface area contributed by atoms with Gasteiger partial charge in [-0.25, -0.2) is 0 Å². The first-order chi connectivity index (χ1) is 15.4. The van der Waals surface area contributed by atoms with Crippen molar-refractivity contribution in [2.45, 2.75) is 20.8 Å². The Morgan fingerprint density at radius 3 is 2.50 bits per heavy atom. The quantitative estimate of drug-likeness (QED) is 0.328. The lowest BCUT2D eigenvalue weighted by molar-refractivity contribution is -0.120. The number of aryl methyl sites for hydroxylation is 2. The van der Waals surface area contributed by atoms with E-state index in [1.165, 1.54) is 11.0 Å². The summed E-state index contributed by atoms with van der Waals surface area (Å²) in [6, 6.07) is 18.1. The number of benzene rings is 3. The Morgan fingerprint density at radius 1 is 1.06 bits per heavy atom. The number of amides is 1. The molecular formula is C25H27ClN2O4. The number of phenolic OH excluding ortho intramolecular Hbond substituents is 1. The molecule has 1 amide bonds.